The van der Waals surface area contributed by atoms with Gasteiger partial charge in [0.25, 0.3) is 0 Å². The summed E-state index contributed by atoms with van der Waals surface area (Å²) in [5.74, 6) is 0.591. The fourth-order valence-electron chi connectivity index (χ4n) is 1.22. The number of anilines is 1. The van der Waals surface area contributed by atoms with E-state index in [1.54, 1.807) is 18.3 Å². The largest absolute Gasteiger partial charge is 0.473 e. The third-order valence-electron chi connectivity index (χ3n) is 2.06. The molecule has 3 nitrogen and oxygen atoms in total. The number of ether oxygens (including phenoxy) is 1. The maximum absolute atomic E-state index is 5.53. The van der Waals surface area contributed by atoms with Crippen LogP contribution in [-0.4, -0.2) is 4.98 Å². The van der Waals surface area contributed by atoms with Gasteiger partial charge in [-0.1, -0.05) is 12.1 Å². The zero-order valence-corrected chi connectivity index (χ0v) is 10.7. The van der Waals surface area contributed by atoms with Crippen LogP contribution >= 0.6 is 22.6 Å². The van der Waals surface area contributed by atoms with Crippen molar-refractivity contribution in [2.75, 3.05) is 5.73 Å². The highest BCUT2D eigenvalue weighted by Gasteiger charge is 1.97. The fraction of sp³-hybridized carbons (Fsp3) is 0.0833. The van der Waals surface area contributed by atoms with Gasteiger partial charge in [-0.2, -0.15) is 0 Å². The average molecular weight is 326 g/mol. The van der Waals surface area contributed by atoms with Gasteiger partial charge < -0.3 is 10.5 Å². The Balaban J connectivity index is 1.97. The van der Waals surface area contributed by atoms with Gasteiger partial charge in [-0.3, -0.25) is 0 Å². The molecule has 0 atom stereocenters. The van der Waals surface area contributed by atoms with Gasteiger partial charge in [-0.15, -0.1) is 0 Å². The summed E-state index contributed by atoms with van der Waals surface area (Å²) in [6.45, 7) is 0.522. The van der Waals surface area contributed by atoms with Crippen LogP contribution in [0.3, 0.4) is 0 Å². The van der Waals surface area contributed by atoms with Crippen molar-refractivity contribution in [2.45, 2.75) is 6.61 Å². The average Bonchev–Trinajstić information content (AvgIpc) is 2.30. The monoisotopic (exact) mass is 326 g/mol. The van der Waals surface area contributed by atoms with Crippen molar-refractivity contribution in [3.63, 3.8) is 0 Å². The molecule has 2 aromatic rings. The van der Waals surface area contributed by atoms with Crippen molar-refractivity contribution < 1.29 is 4.74 Å². The fourth-order valence-corrected chi connectivity index (χ4v) is 1.57. The molecular formula is C12H11IN2O. The van der Waals surface area contributed by atoms with Gasteiger partial charge in [0.15, 0.2) is 0 Å². The first-order valence-electron chi connectivity index (χ1n) is 4.83. The summed E-state index contributed by atoms with van der Waals surface area (Å²) in [4.78, 5) is 4.06. The predicted octanol–water partition coefficient (Wildman–Crippen LogP) is 2.85. The molecule has 0 aliphatic carbocycles. The van der Waals surface area contributed by atoms with Crippen LogP contribution in [0.1, 0.15) is 5.56 Å². The van der Waals surface area contributed by atoms with Crippen molar-refractivity contribution >= 4 is 28.3 Å². The van der Waals surface area contributed by atoms with Crippen LogP contribution in [0.25, 0.3) is 0 Å². The lowest BCUT2D eigenvalue weighted by Gasteiger charge is -2.05. The van der Waals surface area contributed by atoms with E-state index in [0.717, 1.165) is 5.56 Å². The summed E-state index contributed by atoms with van der Waals surface area (Å²) >= 11 is 2.27. The Morgan fingerprint density at radius 2 is 1.88 bits per heavy atom. The van der Waals surface area contributed by atoms with Crippen LogP contribution in [0, 0.1) is 3.57 Å². The normalized spacial score (nSPS) is 10.1. The minimum atomic E-state index is 0.522. The van der Waals surface area contributed by atoms with Gasteiger partial charge in [-0.25, -0.2) is 4.98 Å². The molecule has 0 spiro atoms. The molecule has 0 unspecified atom stereocenters. The van der Waals surface area contributed by atoms with Crippen LogP contribution in [-0.2, 0) is 6.61 Å². The van der Waals surface area contributed by atoms with E-state index < -0.39 is 0 Å². The molecule has 4 heteroatoms. The van der Waals surface area contributed by atoms with Crippen LogP contribution < -0.4 is 10.5 Å². The van der Waals surface area contributed by atoms with E-state index in [9.17, 15) is 0 Å². The zero-order valence-electron chi connectivity index (χ0n) is 8.56. The maximum atomic E-state index is 5.53. The quantitative estimate of drug-likeness (QED) is 0.883. The number of hydrogen-bond acceptors (Lipinski definition) is 3. The Bertz CT molecular complexity index is 408. The lowest BCUT2D eigenvalue weighted by molar-refractivity contribution is 0.294. The third-order valence-corrected chi connectivity index (χ3v) is 2.78. The highest BCUT2D eigenvalue weighted by molar-refractivity contribution is 14.1. The standard InChI is InChI=1S/C12H11IN2O/c13-10-3-1-9(2-4-10)8-16-12-6-5-11(14)7-15-12/h1-7H,8,14H2. The summed E-state index contributed by atoms with van der Waals surface area (Å²) in [6, 6.07) is 11.7. The second-order valence-corrected chi connectivity index (χ2v) is 4.59. The molecule has 0 amide bonds. The Hall–Kier alpha value is -1.30. The van der Waals surface area contributed by atoms with Crippen molar-refractivity contribution in [3.05, 3.63) is 51.7 Å². The van der Waals surface area contributed by atoms with Gasteiger partial charge in [0.1, 0.15) is 6.61 Å². The predicted molar refractivity (Wildman–Crippen MR) is 72.1 cm³/mol. The third kappa shape index (κ3) is 3.10. The maximum Gasteiger partial charge on any atom is 0.213 e. The van der Waals surface area contributed by atoms with Crippen LogP contribution in [0.4, 0.5) is 5.69 Å². The number of hydrogen-bond donors (Lipinski definition) is 1. The molecule has 1 heterocycles. The van der Waals surface area contributed by atoms with Gasteiger partial charge in [-0.05, 0) is 46.4 Å². The molecule has 0 aliphatic rings. The Labute approximate surface area is 108 Å². The second-order valence-electron chi connectivity index (χ2n) is 3.34. The number of nitrogens with zero attached hydrogens (tertiary/aromatic N) is 1. The topological polar surface area (TPSA) is 48.1 Å². The molecule has 16 heavy (non-hydrogen) atoms. The van der Waals surface area contributed by atoms with Crippen LogP contribution in [0.2, 0.25) is 0 Å². The molecule has 0 saturated carbocycles. The summed E-state index contributed by atoms with van der Waals surface area (Å²) in [5.41, 5.74) is 7.30. The number of aromatic nitrogens is 1. The van der Waals surface area contributed by atoms with Crippen LogP contribution in [0.15, 0.2) is 42.6 Å². The van der Waals surface area contributed by atoms with Gasteiger partial charge in [0.05, 0.1) is 11.9 Å². The van der Waals surface area contributed by atoms with E-state index in [2.05, 4.69) is 39.7 Å². The molecular weight excluding hydrogens is 315 g/mol. The molecule has 1 aromatic carbocycles. The van der Waals surface area contributed by atoms with E-state index in [4.69, 9.17) is 10.5 Å². The van der Waals surface area contributed by atoms with E-state index in [0.29, 0.717) is 18.2 Å². The van der Waals surface area contributed by atoms with E-state index >= 15 is 0 Å². The van der Waals surface area contributed by atoms with Gasteiger partial charge >= 0.3 is 0 Å². The zero-order chi connectivity index (χ0) is 11.4. The molecule has 82 valence electrons. The first-order chi connectivity index (χ1) is 7.74. The highest BCUT2D eigenvalue weighted by atomic mass is 127. The lowest BCUT2D eigenvalue weighted by Crippen LogP contribution is -1.97. The van der Waals surface area contributed by atoms with E-state index in [1.807, 2.05) is 12.1 Å². The Morgan fingerprint density at radius 3 is 2.50 bits per heavy atom. The van der Waals surface area contributed by atoms with Crippen molar-refractivity contribution in [1.29, 1.82) is 0 Å². The molecule has 2 rings (SSSR count). The highest BCUT2D eigenvalue weighted by Crippen LogP contribution is 2.12. The minimum Gasteiger partial charge on any atom is -0.473 e. The van der Waals surface area contributed by atoms with Crippen molar-refractivity contribution in [3.8, 4) is 5.88 Å². The Morgan fingerprint density at radius 1 is 1.12 bits per heavy atom. The molecule has 0 bridgehead atoms. The number of rotatable bonds is 3. The SMILES string of the molecule is Nc1ccc(OCc2ccc(I)cc2)nc1. The molecule has 2 N–H and O–H groups in total. The number of benzene rings is 1. The number of nitrogens with two attached hydrogens (primary N) is 1. The molecule has 1 aromatic heterocycles. The number of halogens is 1. The summed E-state index contributed by atoms with van der Waals surface area (Å²) in [7, 11) is 0. The summed E-state index contributed by atoms with van der Waals surface area (Å²) in [6.07, 6.45) is 1.59. The second kappa shape index (κ2) is 5.16. The van der Waals surface area contributed by atoms with Crippen molar-refractivity contribution in [2.24, 2.45) is 0 Å². The summed E-state index contributed by atoms with van der Waals surface area (Å²) < 4.78 is 6.73. The Kier molecular flexibility index (Phi) is 3.61. The van der Waals surface area contributed by atoms with Gasteiger partial charge in [0.2, 0.25) is 5.88 Å². The van der Waals surface area contributed by atoms with Crippen LogP contribution in [0.5, 0.6) is 5.88 Å². The molecule has 0 aliphatic heterocycles. The first kappa shape index (κ1) is 11.2. The lowest BCUT2D eigenvalue weighted by atomic mass is 10.2. The van der Waals surface area contributed by atoms with Gasteiger partial charge in [0, 0.05) is 9.64 Å². The molecule has 0 saturated heterocycles. The minimum absolute atomic E-state index is 0.522. The van der Waals surface area contributed by atoms with E-state index in [1.165, 1.54) is 3.57 Å². The first-order valence-corrected chi connectivity index (χ1v) is 5.91. The number of pyridine rings is 1. The smallest absolute Gasteiger partial charge is 0.213 e. The van der Waals surface area contributed by atoms with Crippen molar-refractivity contribution in [1.82, 2.24) is 4.98 Å². The molecule has 0 radical (unpaired) electrons. The molecule has 0 fully saturated rings. The van der Waals surface area contributed by atoms with E-state index in [-0.39, 0.29) is 0 Å². The summed E-state index contributed by atoms with van der Waals surface area (Å²) in [5, 5.41) is 0. The number of nitrogen functional groups attached to an aromatic ring is 1.